The van der Waals surface area contributed by atoms with Crippen LogP contribution in [-0.2, 0) is 9.53 Å². The van der Waals surface area contributed by atoms with E-state index in [0.717, 1.165) is 54.9 Å². The summed E-state index contributed by atoms with van der Waals surface area (Å²) in [6.07, 6.45) is 2.01. The lowest BCUT2D eigenvalue weighted by atomic mass is 9.87. The maximum Gasteiger partial charge on any atom is 0.220 e. The van der Waals surface area contributed by atoms with E-state index in [1.807, 2.05) is 37.4 Å². The van der Waals surface area contributed by atoms with Gasteiger partial charge in [0.1, 0.15) is 5.82 Å². The van der Waals surface area contributed by atoms with E-state index in [2.05, 4.69) is 15.2 Å². The zero-order valence-corrected chi connectivity index (χ0v) is 18.3. The molecule has 2 N–H and O–H groups in total. The van der Waals surface area contributed by atoms with Crippen molar-refractivity contribution in [2.75, 3.05) is 39.4 Å². The van der Waals surface area contributed by atoms with Crippen LogP contribution < -0.4 is 5.32 Å². The number of ether oxygens (including phenoxy) is 1. The molecular formula is C24H27ClFN3O2. The van der Waals surface area contributed by atoms with E-state index >= 15 is 0 Å². The molecule has 31 heavy (non-hydrogen) atoms. The van der Waals surface area contributed by atoms with Crippen molar-refractivity contribution < 1.29 is 13.9 Å². The van der Waals surface area contributed by atoms with Crippen LogP contribution in [0.2, 0.25) is 5.02 Å². The van der Waals surface area contributed by atoms with Crippen molar-refractivity contribution in [1.29, 1.82) is 0 Å². The number of hydrogen-bond acceptors (Lipinski definition) is 3. The standard InChI is InChI=1S/C24H27ClFN3O2/c1-16-2-4-22(26)19(12-16)18(21-15-28-23-5-3-17(25)13-20(21)23)14-24(30)27-6-7-29-8-10-31-11-9-29/h2-5,12-13,15,18,28H,6-11,14H2,1H3,(H,27,30)/t18-/m0/s1. The maximum absolute atomic E-state index is 14.8. The topological polar surface area (TPSA) is 57.4 Å². The summed E-state index contributed by atoms with van der Waals surface area (Å²) in [5, 5.41) is 4.51. The lowest BCUT2D eigenvalue weighted by molar-refractivity contribution is -0.121. The minimum atomic E-state index is -0.421. The fourth-order valence-electron chi connectivity index (χ4n) is 4.16. The Bertz CT molecular complexity index is 1060. The van der Waals surface area contributed by atoms with E-state index in [9.17, 15) is 9.18 Å². The fraction of sp³-hybridized carbons (Fsp3) is 0.375. The van der Waals surface area contributed by atoms with Crippen molar-refractivity contribution >= 4 is 28.4 Å². The molecule has 1 atom stereocenters. The fourth-order valence-corrected chi connectivity index (χ4v) is 4.33. The van der Waals surface area contributed by atoms with Gasteiger partial charge in [0.15, 0.2) is 0 Å². The normalized spacial score (nSPS) is 15.8. The summed E-state index contributed by atoms with van der Waals surface area (Å²) in [5.74, 6) is -0.834. The monoisotopic (exact) mass is 443 g/mol. The number of benzene rings is 2. The van der Waals surface area contributed by atoms with Gasteiger partial charge < -0.3 is 15.0 Å². The Balaban J connectivity index is 1.56. The van der Waals surface area contributed by atoms with Crippen molar-refractivity contribution in [3.05, 3.63) is 70.1 Å². The van der Waals surface area contributed by atoms with Gasteiger partial charge in [-0.15, -0.1) is 0 Å². The zero-order chi connectivity index (χ0) is 21.8. The van der Waals surface area contributed by atoms with Crippen LogP contribution in [0.1, 0.15) is 29.0 Å². The van der Waals surface area contributed by atoms with Crippen molar-refractivity contribution in [2.45, 2.75) is 19.3 Å². The van der Waals surface area contributed by atoms with E-state index in [1.165, 1.54) is 6.07 Å². The van der Waals surface area contributed by atoms with Crippen LogP contribution in [0.5, 0.6) is 0 Å². The summed E-state index contributed by atoms with van der Waals surface area (Å²) in [6.45, 7) is 6.47. The second-order valence-corrected chi connectivity index (χ2v) is 8.46. The Labute approximate surface area is 186 Å². The predicted molar refractivity (Wildman–Crippen MR) is 121 cm³/mol. The highest BCUT2D eigenvalue weighted by Gasteiger charge is 2.24. The molecule has 0 aliphatic carbocycles. The Morgan fingerprint density at radius 2 is 2.03 bits per heavy atom. The van der Waals surface area contributed by atoms with Gasteiger partial charge in [0, 0.05) is 60.6 Å². The summed E-state index contributed by atoms with van der Waals surface area (Å²) in [6, 6.07) is 10.6. The Morgan fingerprint density at radius 3 is 2.84 bits per heavy atom. The molecule has 1 saturated heterocycles. The van der Waals surface area contributed by atoms with Crippen molar-refractivity contribution in [2.24, 2.45) is 0 Å². The Kier molecular flexibility index (Phi) is 6.90. The first kappa shape index (κ1) is 21.8. The van der Waals surface area contributed by atoms with Crippen molar-refractivity contribution in [3.8, 4) is 0 Å². The highest BCUT2D eigenvalue weighted by atomic mass is 35.5. The molecule has 1 fully saturated rings. The van der Waals surface area contributed by atoms with Crippen LogP contribution >= 0.6 is 11.6 Å². The molecule has 4 rings (SSSR count). The zero-order valence-electron chi connectivity index (χ0n) is 17.6. The highest BCUT2D eigenvalue weighted by Crippen LogP contribution is 2.36. The number of carbonyl (C=O) groups excluding carboxylic acids is 1. The third-order valence-corrected chi connectivity index (χ3v) is 6.06. The lowest BCUT2D eigenvalue weighted by Gasteiger charge is -2.26. The van der Waals surface area contributed by atoms with Gasteiger partial charge in [-0.1, -0.05) is 29.3 Å². The molecule has 0 radical (unpaired) electrons. The number of fused-ring (bicyclic) bond motifs is 1. The average molecular weight is 444 g/mol. The summed E-state index contributed by atoms with van der Waals surface area (Å²) in [7, 11) is 0. The Morgan fingerprint density at radius 1 is 1.23 bits per heavy atom. The summed E-state index contributed by atoms with van der Waals surface area (Å²) in [5.41, 5.74) is 3.24. The van der Waals surface area contributed by atoms with E-state index in [4.69, 9.17) is 16.3 Å². The molecule has 0 unspecified atom stereocenters. The quantitative estimate of drug-likeness (QED) is 0.574. The summed E-state index contributed by atoms with van der Waals surface area (Å²) >= 11 is 6.22. The SMILES string of the molecule is Cc1ccc(F)c([C@H](CC(=O)NCCN2CCOCC2)c2c[nH]c3ccc(Cl)cc23)c1. The van der Waals surface area contributed by atoms with Crippen LogP contribution in [0.15, 0.2) is 42.6 Å². The number of morpholine rings is 1. The molecular weight excluding hydrogens is 417 g/mol. The minimum absolute atomic E-state index is 0.101. The van der Waals surface area contributed by atoms with E-state index < -0.39 is 5.92 Å². The molecule has 5 nitrogen and oxygen atoms in total. The molecule has 1 aromatic heterocycles. The van der Waals surface area contributed by atoms with Crippen LogP contribution in [0.25, 0.3) is 10.9 Å². The molecule has 0 spiro atoms. The first-order valence-corrected chi connectivity index (χ1v) is 11.0. The molecule has 164 valence electrons. The van der Waals surface area contributed by atoms with Crippen LogP contribution in [0.4, 0.5) is 4.39 Å². The van der Waals surface area contributed by atoms with Gasteiger partial charge >= 0.3 is 0 Å². The van der Waals surface area contributed by atoms with Gasteiger partial charge in [-0.25, -0.2) is 4.39 Å². The predicted octanol–water partition coefficient (Wildman–Crippen LogP) is 4.24. The molecule has 1 aliphatic rings. The number of nitrogens with one attached hydrogen (secondary N) is 2. The third kappa shape index (κ3) is 5.26. The second-order valence-electron chi connectivity index (χ2n) is 8.02. The van der Waals surface area contributed by atoms with Gasteiger partial charge in [0.25, 0.3) is 0 Å². The van der Waals surface area contributed by atoms with Crippen molar-refractivity contribution in [3.63, 3.8) is 0 Å². The van der Waals surface area contributed by atoms with Gasteiger partial charge in [0.05, 0.1) is 13.2 Å². The minimum Gasteiger partial charge on any atom is -0.379 e. The number of amides is 1. The number of hydrogen-bond donors (Lipinski definition) is 2. The van der Waals surface area contributed by atoms with Crippen LogP contribution in [0, 0.1) is 12.7 Å². The number of aromatic amines is 1. The van der Waals surface area contributed by atoms with Gasteiger partial charge in [-0.2, -0.15) is 0 Å². The molecule has 3 aromatic rings. The lowest BCUT2D eigenvalue weighted by Crippen LogP contribution is -2.41. The molecule has 1 amide bonds. The first-order valence-electron chi connectivity index (χ1n) is 10.6. The number of aromatic nitrogens is 1. The molecule has 2 aromatic carbocycles. The van der Waals surface area contributed by atoms with E-state index in [0.29, 0.717) is 17.1 Å². The molecule has 7 heteroatoms. The third-order valence-electron chi connectivity index (χ3n) is 5.82. The average Bonchev–Trinajstić information content (AvgIpc) is 3.17. The number of carbonyl (C=O) groups is 1. The maximum atomic E-state index is 14.8. The van der Waals surface area contributed by atoms with Crippen LogP contribution in [0.3, 0.4) is 0 Å². The van der Waals surface area contributed by atoms with Gasteiger partial charge in [-0.3, -0.25) is 9.69 Å². The number of nitrogens with zero attached hydrogens (tertiary/aromatic N) is 1. The van der Waals surface area contributed by atoms with E-state index in [1.54, 1.807) is 6.07 Å². The van der Waals surface area contributed by atoms with Gasteiger partial charge in [0.2, 0.25) is 5.91 Å². The van der Waals surface area contributed by atoms with Crippen LogP contribution in [-0.4, -0.2) is 55.2 Å². The van der Waals surface area contributed by atoms with Gasteiger partial charge in [-0.05, 0) is 42.3 Å². The highest BCUT2D eigenvalue weighted by molar-refractivity contribution is 6.31. The molecule has 2 heterocycles. The number of aryl methyl sites for hydroxylation is 1. The second kappa shape index (κ2) is 9.81. The number of H-pyrrole nitrogens is 1. The number of halogens is 2. The largest absolute Gasteiger partial charge is 0.379 e. The smallest absolute Gasteiger partial charge is 0.220 e. The van der Waals surface area contributed by atoms with Crippen molar-refractivity contribution in [1.82, 2.24) is 15.2 Å². The number of rotatable bonds is 7. The van der Waals surface area contributed by atoms with E-state index in [-0.39, 0.29) is 18.1 Å². The molecule has 1 aliphatic heterocycles. The first-order chi connectivity index (χ1) is 15.0. The molecule has 0 saturated carbocycles. The molecule has 0 bridgehead atoms. The summed E-state index contributed by atoms with van der Waals surface area (Å²) < 4.78 is 20.2. The Hall–Kier alpha value is -2.41. The summed E-state index contributed by atoms with van der Waals surface area (Å²) in [4.78, 5) is 18.3.